The van der Waals surface area contributed by atoms with E-state index in [2.05, 4.69) is 22.2 Å². The number of anilines is 1. The van der Waals surface area contributed by atoms with E-state index in [1.807, 2.05) is 0 Å². The van der Waals surface area contributed by atoms with Crippen molar-refractivity contribution in [3.63, 3.8) is 0 Å². The second kappa shape index (κ2) is 4.94. The molecular formula is C11H19N3S. The zero-order chi connectivity index (χ0) is 10.7. The van der Waals surface area contributed by atoms with Gasteiger partial charge in [-0.25, -0.2) is 4.98 Å². The molecule has 4 heteroatoms. The van der Waals surface area contributed by atoms with Crippen molar-refractivity contribution < 1.29 is 0 Å². The van der Waals surface area contributed by atoms with Gasteiger partial charge in [0.2, 0.25) is 0 Å². The van der Waals surface area contributed by atoms with Crippen molar-refractivity contribution >= 4 is 16.5 Å². The van der Waals surface area contributed by atoms with Crippen molar-refractivity contribution in [3.8, 4) is 0 Å². The lowest BCUT2D eigenvalue weighted by Crippen LogP contribution is -2.40. The molecular weight excluding hydrogens is 206 g/mol. The molecule has 0 aromatic carbocycles. The second-order valence-electron chi connectivity index (χ2n) is 4.20. The molecule has 2 heterocycles. The van der Waals surface area contributed by atoms with Crippen LogP contribution in [0.25, 0.3) is 0 Å². The summed E-state index contributed by atoms with van der Waals surface area (Å²) in [5.74, 6) is 0. The van der Waals surface area contributed by atoms with E-state index in [-0.39, 0.29) is 0 Å². The van der Waals surface area contributed by atoms with E-state index < -0.39 is 0 Å². The Morgan fingerprint density at radius 3 is 3.07 bits per heavy atom. The molecule has 3 nitrogen and oxygen atoms in total. The number of hydrogen-bond acceptors (Lipinski definition) is 4. The highest BCUT2D eigenvalue weighted by atomic mass is 32.1. The highest BCUT2D eigenvalue weighted by Crippen LogP contribution is 2.26. The number of rotatable bonds is 2. The Morgan fingerprint density at radius 2 is 2.40 bits per heavy atom. The van der Waals surface area contributed by atoms with E-state index in [0.717, 1.165) is 23.9 Å². The Morgan fingerprint density at radius 1 is 1.53 bits per heavy atom. The smallest absolute Gasteiger partial charge is 0.185 e. The third-order valence-corrected chi connectivity index (χ3v) is 4.00. The number of hydrogen-bond donors (Lipinski definition) is 1. The fourth-order valence-corrected chi connectivity index (χ4v) is 3.05. The highest BCUT2D eigenvalue weighted by molar-refractivity contribution is 7.13. The summed E-state index contributed by atoms with van der Waals surface area (Å²) < 4.78 is 0. The van der Waals surface area contributed by atoms with Gasteiger partial charge in [0.05, 0.1) is 5.69 Å². The van der Waals surface area contributed by atoms with Crippen molar-refractivity contribution in [2.75, 3.05) is 18.0 Å². The molecule has 0 amide bonds. The SMILES string of the molecule is Cc1csc(N2CCCCCC2CN)n1. The molecule has 1 atom stereocenters. The highest BCUT2D eigenvalue weighted by Gasteiger charge is 2.21. The van der Waals surface area contributed by atoms with E-state index in [0.29, 0.717) is 6.04 Å². The number of aryl methyl sites for hydroxylation is 1. The third-order valence-electron chi connectivity index (χ3n) is 3.00. The molecule has 0 aliphatic carbocycles. The fraction of sp³-hybridized carbons (Fsp3) is 0.727. The summed E-state index contributed by atoms with van der Waals surface area (Å²) in [4.78, 5) is 6.97. The lowest BCUT2D eigenvalue weighted by molar-refractivity contribution is 0.579. The van der Waals surface area contributed by atoms with Gasteiger partial charge in [0.1, 0.15) is 0 Å². The van der Waals surface area contributed by atoms with E-state index in [4.69, 9.17) is 5.73 Å². The van der Waals surface area contributed by atoms with Crippen LogP contribution in [0.15, 0.2) is 5.38 Å². The molecule has 1 aliphatic heterocycles. The molecule has 1 fully saturated rings. The van der Waals surface area contributed by atoms with Crippen molar-refractivity contribution in [2.45, 2.75) is 38.6 Å². The van der Waals surface area contributed by atoms with Crippen LogP contribution in [-0.2, 0) is 0 Å². The van der Waals surface area contributed by atoms with Gasteiger partial charge in [0.15, 0.2) is 5.13 Å². The molecule has 0 bridgehead atoms. The van der Waals surface area contributed by atoms with E-state index in [9.17, 15) is 0 Å². The maximum Gasteiger partial charge on any atom is 0.185 e. The van der Waals surface area contributed by atoms with Crippen LogP contribution in [0.1, 0.15) is 31.4 Å². The van der Waals surface area contributed by atoms with Gasteiger partial charge in [-0.3, -0.25) is 0 Å². The molecule has 0 spiro atoms. The van der Waals surface area contributed by atoms with Gasteiger partial charge in [0.25, 0.3) is 0 Å². The number of nitrogens with two attached hydrogens (primary N) is 1. The Kier molecular flexibility index (Phi) is 3.59. The molecule has 0 radical (unpaired) electrons. The van der Waals surface area contributed by atoms with Crippen molar-refractivity contribution in [3.05, 3.63) is 11.1 Å². The predicted octanol–water partition coefficient (Wildman–Crippen LogP) is 2.16. The topological polar surface area (TPSA) is 42.1 Å². The average Bonchev–Trinajstić information content (AvgIpc) is 2.54. The van der Waals surface area contributed by atoms with Crippen molar-refractivity contribution in [1.29, 1.82) is 0 Å². The van der Waals surface area contributed by atoms with Crippen molar-refractivity contribution in [1.82, 2.24) is 4.98 Å². The standard InChI is InChI=1S/C11H19N3S/c1-9-8-15-11(13-9)14-6-4-2-3-5-10(14)7-12/h8,10H,2-7,12H2,1H3. The predicted molar refractivity (Wildman–Crippen MR) is 65.5 cm³/mol. The summed E-state index contributed by atoms with van der Waals surface area (Å²) in [5.41, 5.74) is 6.96. The van der Waals surface area contributed by atoms with Gasteiger partial charge in [-0.2, -0.15) is 0 Å². The largest absolute Gasteiger partial charge is 0.344 e. The summed E-state index contributed by atoms with van der Waals surface area (Å²) in [7, 11) is 0. The molecule has 2 rings (SSSR count). The van der Waals surface area contributed by atoms with Gasteiger partial charge in [0, 0.05) is 24.5 Å². The first kappa shape index (κ1) is 10.9. The maximum atomic E-state index is 5.84. The van der Waals surface area contributed by atoms with Crippen LogP contribution in [0.4, 0.5) is 5.13 Å². The fourth-order valence-electron chi connectivity index (χ4n) is 2.15. The molecule has 84 valence electrons. The van der Waals surface area contributed by atoms with Gasteiger partial charge in [-0.05, 0) is 19.8 Å². The Labute approximate surface area is 95.3 Å². The lowest BCUT2D eigenvalue weighted by atomic mass is 10.1. The summed E-state index contributed by atoms with van der Waals surface area (Å²) >= 11 is 1.74. The van der Waals surface area contributed by atoms with E-state index >= 15 is 0 Å². The van der Waals surface area contributed by atoms with Crippen molar-refractivity contribution in [2.24, 2.45) is 5.73 Å². The van der Waals surface area contributed by atoms with Crippen LogP contribution in [0.3, 0.4) is 0 Å². The Balaban J connectivity index is 2.16. The molecule has 1 saturated heterocycles. The van der Waals surface area contributed by atoms with Gasteiger partial charge >= 0.3 is 0 Å². The van der Waals surface area contributed by atoms with E-state index in [1.165, 1.54) is 25.7 Å². The average molecular weight is 225 g/mol. The molecule has 1 aliphatic rings. The number of nitrogens with zero attached hydrogens (tertiary/aromatic N) is 2. The van der Waals surface area contributed by atoms with Crippen LogP contribution < -0.4 is 10.6 Å². The molecule has 0 saturated carbocycles. The maximum absolute atomic E-state index is 5.84. The van der Waals surface area contributed by atoms with E-state index in [1.54, 1.807) is 11.3 Å². The normalized spacial score (nSPS) is 22.8. The number of aromatic nitrogens is 1. The van der Waals surface area contributed by atoms with Crippen LogP contribution in [-0.4, -0.2) is 24.1 Å². The minimum atomic E-state index is 0.498. The molecule has 1 unspecified atom stereocenters. The minimum Gasteiger partial charge on any atom is -0.344 e. The first-order valence-electron chi connectivity index (χ1n) is 5.70. The zero-order valence-electron chi connectivity index (χ0n) is 9.28. The second-order valence-corrected chi connectivity index (χ2v) is 5.04. The number of thiazole rings is 1. The van der Waals surface area contributed by atoms with Gasteiger partial charge in [-0.15, -0.1) is 11.3 Å². The van der Waals surface area contributed by atoms with Crippen LogP contribution in [0, 0.1) is 6.92 Å². The Hall–Kier alpha value is -0.610. The minimum absolute atomic E-state index is 0.498. The third kappa shape index (κ3) is 2.49. The first-order chi connectivity index (χ1) is 7.31. The molecule has 2 N–H and O–H groups in total. The Bertz CT molecular complexity index is 311. The quantitative estimate of drug-likeness (QED) is 0.838. The summed E-state index contributed by atoms with van der Waals surface area (Å²) in [6.07, 6.45) is 5.13. The first-order valence-corrected chi connectivity index (χ1v) is 6.58. The monoisotopic (exact) mass is 225 g/mol. The van der Waals surface area contributed by atoms with Gasteiger partial charge < -0.3 is 10.6 Å². The van der Waals surface area contributed by atoms with Gasteiger partial charge in [-0.1, -0.05) is 12.8 Å². The summed E-state index contributed by atoms with van der Waals surface area (Å²) in [6, 6.07) is 0.498. The van der Waals surface area contributed by atoms with Crippen LogP contribution >= 0.6 is 11.3 Å². The van der Waals surface area contributed by atoms with Crippen LogP contribution in [0.5, 0.6) is 0 Å². The summed E-state index contributed by atoms with van der Waals surface area (Å²) in [6.45, 7) is 3.92. The molecule has 1 aromatic heterocycles. The summed E-state index contributed by atoms with van der Waals surface area (Å²) in [5, 5.41) is 3.28. The van der Waals surface area contributed by atoms with Crippen LogP contribution in [0.2, 0.25) is 0 Å². The molecule has 15 heavy (non-hydrogen) atoms. The lowest BCUT2D eigenvalue weighted by Gasteiger charge is -2.28. The molecule has 1 aromatic rings. The zero-order valence-corrected chi connectivity index (χ0v) is 10.1.